The van der Waals surface area contributed by atoms with Crippen LogP contribution in [0, 0.1) is 0 Å². The molecule has 20 aromatic carbocycles. The molecule has 3 nitrogen and oxygen atoms in total. The third-order valence-electron chi connectivity index (χ3n) is 31.5. The molecule has 0 aliphatic heterocycles. The van der Waals surface area contributed by atoms with Crippen LogP contribution in [0.1, 0.15) is 89.0 Å². The molecule has 0 saturated heterocycles. The van der Waals surface area contributed by atoms with Gasteiger partial charge in [0.1, 0.15) is 0 Å². The Kier molecular flexibility index (Phi) is 16.5. The molecule has 5 heteroatoms. The highest BCUT2D eigenvalue weighted by atomic mass is 32.1. The fourth-order valence-corrected chi connectivity index (χ4v) is 28.4. The number of aromatic nitrogens is 3. The van der Waals surface area contributed by atoms with Crippen molar-refractivity contribution in [2.45, 2.75) is 21.7 Å². The highest BCUT2D eigenvalue weighted by Gasteiger charge is 2.62. The Morgan fingerprint density at radius 1 is 0.145 bits per heavy atom. The Balaban J connectivity index is 0.525. The van der Waals surface area contributed by atoms with E-state index in [0.717, 1.165) is 89.5 Å². The summed E-state index contributed by atoms with van der Waals surface area (Å²) in [6, 6.07) is 181. The number of nitrogens with zero attached hydrogens (tertiary/aromatic N) is 3. The van der Waals surface area contributed by atoms with Crippen molar-refractivity contribution in [1.29, 1.82) is 0 Å². The largest absolute Gasteiger partial charge is 0.248 e. The van der Waals surface area contributed by atoms with Gasteiger partial charge in [0.2, 0.25) is 0 Å². The number of hydrogen-bond acceptors (Lipinski definition) is 5. The van der Waals surface area contributed by atoms with Crippen molar-refractivity contribution in [2.24, 2.45) is 0 Å². The maximum Gasteiger partial charge on any atom is 0.160 e. The minimum Gasteiger partial charge on any atom is -0.248 e. The Labute approximate surface area is 807 Å². The van der Waals surface area contributed by atoms with E-state index in [1.165, 1.54) is 179 Å². The van der Waals surface area contributed by atoms with E-state index in [0.29, 0.717) is 5.82 Å². The van der Waals surface area contributed by atoms with Gasteiger partial charge in [-0.1, -0.05) is 431 Å². The summed E-state index contributed by atoms with van der Waals surface area (Å²) in [4.78, 5) is 15.9. The third-order valence-corrected chi connectivity index (χ3v) is 33.9. The first-order chi connectivity index (χ1) is 68.4. The lowest BCUT2D eigenvalue weighted by Gasteiger charge is -2.48. The van der Waals surface area contributed by atoms with Crippen molar-refractivity contribution in [2.75, 3.05) is 0 Å². The van der Waals surface area contributed by atoms with Crippen LogP contribution in [0.2, 0.25) is 0 Å². The zero-order valence-corrected chi connectivity index (χ0v) is 76.4. The molecule has 30 rings (SSSR count). The molecule has 0 radical (unpaired) electrons. The SMILES string of the molecule is c1ccc(-c2cc(-c3ccc(-c4ccc5c(c4)-c4c(ccc6c4sc4ccccc46)C54c5ccccc5C5(c6ccccc6-c6ccccc65)c5ccccc54)cc3)cc(-c3ccc(-c4ccc5sc6c7c(ccc6c5c4)C4(c5ccc(-c6ccc(-c8cc(-c9ccccc9)nc(-c9ccccc9)n8)cc6)cc5-7)c5ccccc5C5(c6ccccc6-c6ccccc65)c5ccccc54)cc3)n2)cc1. The van der Waals surface area contributed by atoms with Gasteiger partial charge < -0.3 is 0 Å². The van der Waals surface area contributed by atoms with Gasteiger partial charge in [-0.15, -0.1) is 22.7 Å². The molecule has 6 aliphatic rings. The van der Waals surface area contributed by atoms with Gasteiger partial charge in [0.05, 0.1) is 44.4 Å². The molecular weight excluding hydrogens is 1700 g/mol. The molecule has 0 unspecified atom stereocenters. The zero-order chi connectivity index (χ0) is 90.3. The second kappa shape index (κ2) is 29.3. The van der Waals surface area contributed by atoms with E-state index in [2.05, 4.69) is 473 Å². The van der Waals surface area contributed by atoms with E-state index in [4.69, 9.17) is 15.0 Å². The second-order valence-electron chi connectivity index (χ2n) is 37.9. The van der Waals surface area contributed by atoms with Crippen molar-refractivity contribution in [3.63, 3.8) is 0 Å². The van der Waals surface area contributed by atoms with E-state index in [9.17, 15) is 0 Å². The summed E-state index contributed by atoms with van der Waals surface area (Å²) in [5.41, 5.74) is 47.2. The van der Waals surface area contributed by atoms with E-state index in [1.54, 1.807) is 0 Å². The van der Waals surface area contributed by atoms with Crippen LogP contribution in [0.3, 0.4) is 0 Å². The highest BCUT2D eigenvalue weighted by Crippen LogP contribution is 2.72. The quantitative estimate of drug-likeness (QED) is 0.145. The molecule has 0 amide bonds. The van der Waals surface area contributed by atoms with Crippen LogP contribution in [0.5, 0.6) is 0 Å². The lowest BCUT2D eigenvalue weighted by atomic mass is 9.52. The van der Waals surface area contributed by atoms with Gasteiger partial charge in [-0.05, 0) is 215 Å². The Hall–Kier alpha value is -16.9. The minimum atomic E-state index is -0.684. The van der Waals surface area contributed by atoms with Gasteiger partial charge in [0, 0.05) is 79.3 Å². The van der Waals surface area contributed by atoms with Crippen LogP contribution >= 0.6 is 22.7 Å². The number of thiophene rings is 2. The van der Waals surface area contributed by atoms with Crippen LogP contribution in [0.15, 0.2) is 479 Å². The Morgan fingerprint density at radius 2 is 0.413 bits per heavy atom. The number of rotatable bonds is 9. The maximum absolute atomic E-state index is 5.52. The fraction of sp³-hybridized carbons (Fsp3) is 0.0301. The molecule has 4 aromatic heterocycles. The van der Waals surface area contributed by atoms with Crippen molar-refractivity contribution in [3.05, 3.63) is 568 Å². The number of fused-ring (bicyclic) bond motifs is 40. The highest BCUT2D eigenvalue weighted by molar-refractivity contribution is 7.26. The Bertz CT molecular complexity index is 9080. The first kappa shape index (κ1) is 77.5. The topological polar surface area (TPSA) is 38.7 Å². The number of pyridine rings is 1. The van der Waals surface area contributed by atoms with Crippen molar-refractivity contribution < 1.29 is 0 Å². The molecule has 0 atom stereocenters. The monoisotopic (exact) mass is 1780 g/mol. The minimum absolute atomic E-state index is 0.524. The summed E-state index contributed by atoms with van der Waals surface area (Å²) in [5, 5.41) is 5.11. The fourth-order valence-electron chi connectivity index (χ4n) is 25.9. The maximum atomic E-state index is 5.52. The molecule has 24 aromatic rings. The molecule has 0 N–H and O–H groups in total. The average Bonchev–Trinajstić information content (AvgIpc) is 1.51. The predicted molar refractivity (Wildman–Crippen MR) is 571 cm³/mol. The van der Waals surface area contributed by atoms with Gasteiger partial charge in [0.15, 0.2) is 5.82 Å². The first-order valence-corrected chi connectivity index (χ1v) is 49.5. The number of hydrogen-bond donors (Lipinski definition) is 0. The first-order valence-electron chi connectivity index (χ1n) is 47.8. The van der Waals surface area contributed by atoms with Crippen molar-refractivity contribution in [1.82, 2.24) is 15.0 Å². The van der Waals surface area contributed by atoms with Crippen LogP contribution in [0.25, 0.3) is 186 Å². The van der Waals surface area contributed by atoms with Crippen molar-refractivity contribution in [3.8, 4) is 145 Å². The van der Waals surface area contributed by atoms with E-state index >= 15 is 0 Å². The van der Waals surface area contributed by atoms with Crippen molar-refractivity contribution >= 4 is 63.0 Å². The zero-order valence-electron chi connectivity index (χ0n) is 74.8. The molecule has 0 fully saturated rings. The predicted octanol–water partition coefficient (Wildman–Crippen LogP) is 33.7. The van der Waals surface area contributed by atoms with Gasteiger partial charge in [-0.25, -0.2) is 15.0 Å². The lowest BCUT2D eigenvalue weighted by molar-refractivity contribution is 0.633. The summed E-state index contributed by atoms with van der Waals surface area (Å²) in [5.74, 6) is 0.698. The normalized spacial score (nSPS) is 14.2. The smallest absolute Gasteiger partial charge is 0.160 e. The van der Waals surface area contributed by atoms with Crippen LogP contribution < -0.4 is 0 Å². The standard InChI is InChI=1S/C133H79N3S2/c1-4-28-84(29-5-1)119-77-92(83-54-52-80(53-55-83)89-64-69-107-101(75-89)125-117(71-67-98-97-38-14-27-51-123(97)137-127(98)125)132(107)113-47-23-19-43-109(113)130(110-44-20-24-48-114(110)132)103-39-15-10-34-93(103)94-35-11-16-40-104(94)130)78-120(134-119)86-60-56-82(57-61-86)91-66-73-124-100(74-91)99-68-72-118-126(128(99)138-124)102-76-90(81-58-62-87(63-59-81)122-79-121(85-30-6-2-7-31-85)135-129(136-122)88-32-8-3-9-33-88)65-70-108(102)133(118)115-49-25-21-45-111(115)131(112-46-22-26-50-116(112)133)105-41-17-12-36-95(105)96-37-13-18-42-106(96)131/h1-79H. The second-order valence-corrected chi connectivity index (χ2v) is 40.0. The summed E-state index contributed by atoms with van der Waals surface area (Å²) in [7, 11) is 0. The molecule has 4 heterocycles. The van der Waals surface area contributed by atoms with E-state index in [1.807, 2.05) is 28.7 Å². The molecule has 0 saturated carbocycles. The molecule has 6 aliphatic carbocycles. The van der Waals surface area contributed by atoms with Gasteiger partial charge >= 0.3 is 0 Å². The molecule has 638 valence electrons. The van der Waals surface area contributed by atoms with Crippen LogP contribution in [-0.4, -0.2) is 15.0 Å². The Morgan fingerprint density at radius 3 is 0.812 bits per heavy atom. The lowest BCUT2D eigenvalue weighted by Crippen LogP contribution is -2.43. The van der Waals surface area contributed by atoms with Gasteiger partial charge in [0.25, 0.3) is 0 Å². The molecule has 4 spiro atoms. The summed E-state index contributed by atoms with van der Waals surface area (Å²) < 4.78 is 5.18. The summed E-state index contributed by atoms with van der Waals surface area (Å²) in [6.45, 7) is 0. The average molecular weight is 1780 g/mol. The molecule has 0 bridgehead atoms. The van der Waals surface area contributed by atoms with Crippen LogP contribution in [0.4, 0.5) is 0 Å². The number of benzene rings is 20. The third kappa shape index (κ3) is 10.5. The van der Waals surface area contributed by atoms with Gasteiger partial charge in [-0.2, -0.15) is 0 Å². The molecular formula is C133H79N3S2. The molecule has 138 heavy (non-hydrogen) atoms. The van der Waals surface area contributed by atoms with E-state index < -0.39 is 21.7 Å². The van der Waals surface area contributed by atoms with Gasteiger partial charge in [-0.3, -0.25) is 0 Å². The van der Waals surface area contributed by atoms with Crippen LogP contribution in [-0.2, 0) is 21.7 Å². The van der Waals surface area contributed by atoms with E-state index in [-0.39, 0.29) is 0 Å². The summed E-state index contributed by atoms with van der Waals surface area (Å²) in [6.07, 6.45) is 0. The summed E-state index contributed by atoms with van der Waals surface area (Å²) >= 11 is 3.86.